The van der Waals surface area contributed by atoms with Crippen molar-refractivity contribution in [3.63, 3.8) is 0 Å². The van der Waals surface area contributed by atoms with Crippen LogP contribution in [0.25, 0.3) is 11.5 Å². The summed E-state index contributed by atoms with van der Waals surface area (Å²) >= 11 is 6.17. The predicted octanol–water partition coefficient (Wildman–Crippen LogP) is 3.26. The van der Waals surface area contributed by atoms with E-state index in [1.54, 1.807) is 11.0 Å². The Bertz CT molecular complexity index is 1060. The number of hydrogen-bond donors (Lipinski definition) is 0. The zero-order valence-corrected chi connectivity index (χ0v) is 16.7. The molecule has 0 N–H and O–H groups in total. The second-order valence-corrected chi connectivity index (χ2v) is 7.28. The maximum absolute atomic E-state index is 12.6. The molecule has 1 saturated heterocycles. The maximum atomic E-state index is 12.6. The van der Waals surface area contributed by atoms with Crippen LogP contribution in [-0.2, 0) is 6.54 Å². The average Bonchev–Trinajstić information content (AvgIpc) is 3.22. The van der Waals surface area contributed by atoms with Gasteiger partial charge in [0.25, 0.3) is 17.5 Å². The van der Waals surface area contributed by atoms with Gasteiger partial charge in [-0.25, -0.2) is 0 Å². The van der Waals surface area contributed by atoms with Gasteiger partial charge in [-0.05, 0) is 24.3 Å². The first kappa shape index (κ1) is 20.0. The number of nitrogens with zero attached hydrogens (tertiary/aromatic N) is 5. The number of amides is 1. The van der Waals surface area contributed by atoms with Crippen LogP contribution in [0.15, 0.2) is 53.1 Å². The van der Waals surface area contributed by atoms with Crippen molar-refractivity contribution in [2.24, 2.45) is 0 Å². The topological polar surface area (TPSA) is 106 Å². The van der Waals surface area contributed by atoms with E-state index in [0.717, 1.165) is 0 Å². The van der Waals surface area contributed by atoms with Crippen LogP contribution < -0.4 is 0 Å². The third-order valence-electron chi connectivity index (χ3n) is 4.92. The van der Waals surface area contributed by atoms with Crippen molar-refractivity contribution in [2.75, 3.05) is 26.2 Å². The molecule has 0 saturated carbocycles. The summed E-state index contributed by atoms with van der Waals surface area (Å²) in [6, 6.07) is 12.9. The first-order valence-electron chi connectivity index (χ1n) is 9.35. The largest absolute Gasteiger partial charge is 0.336 e. The minimum absolute atomic E-state index is 0.0346. The van der Waals surface area contributed by atoms with E-state index in [1.807, 2.05) is 18.2 Å². The minimum atomic E-state index is -0.484. The molecule has 0 atom stereocenters. The van der Waals surface area contributed by atoms with E-state index in [4.69, 9.17) is 16.1 Å². The van der Waals surface area contributed by atoms with Crippen LogP contribution in [0.1, 0.15) is 16.2 Å². The molecule has 0 bridgehead atoms. The number of halogens is 1. The number of rotatable bonds is 5. The van der Waals surface area contributed by atoms with Crippen molar-refractivity contribution in [1.82, 2.24) is 19.9 Å². The summed E-state index contributed by atoms with van der Waals surface area (Å²) in [5.74, 6) is 0.799. The summed E-state index contributed by atoms with van der Waals surface area (Å²) in [7, 11) is 0. The van der Waals surface area contributed by atoms with Crippen LogP contribution in [0, 0.1) is 10.1 Å². The van der Waals surface area contributed by atoms with Gasteiger partial charge in [-0.1, -0.05) is 28.9 Å². The molecular weight excluding hydrogens is 410 g/mol. The Hall–Kier alpha value is -3.30. The summed E-state index contributed by atoms with van der Waals surface area (Å²) in [6.45, 7) is 2.92. The molecule has 0 unspecified atom stereocenters. The highest BCUT2D eigenvalue weighted by atomic mass is 35.5. The fourth-order valence-corrected chi connectivity index (χ4v) is 3.50. The first-order chi connectivity index (χ1) is 14.5. The van der Waals surface area contributed by atoms with Crippen LogP contribution in [0.3, 0.4) is 0 Å². The molecule has 1 amide bonds. The summed E-state index contributed by atoms with van der Waals surface area (Å²) < 4.78 is 5.33. The lowest BCUT2D eigenvalue weighted by Gasteiger charge is -2.34. The van der Waals surface area contributed by atoms with E-state index < -0.39 is 4.92 Å². The first-order valence-corrected chi connectivity index (χ1v) is 9.72. The van der Waals surface area contributed by atoms with Crippen molar-refractivity contribution in [1.29, 1.82) is 0 Å². The second-order valence-electron chi connectivity index (χ2n) is 6.87. The number of aromatic nitrogens is 2. The third kappa shape index (κ3) is 4.32. The number of carbonyl (C=O) groups excluding carboxylic acids is 1. The van der Waals surface area contributed by atoms with Crippen molar-refractivity contribution in [3.8, 4) is 11.5 Å². The average molecular weight is 428 g/mol. The molecule has 1 aromatic heterocycles. The van der Waals surface area contributed by atoms with Gasteiger partial charge in [0.05, 0.1) is 22.1 Å². The summed E-state index contributed by atoms with van der Waals surface area (Å²) in [5.41, 5.74) is 1.10. The highest BCUT2D eigenvalue weighted by Crippen LogP contribution is 2.26. The van der Waals surface area contributed by atoms with Crippen LogP contribution in [0.2, 0.25) is 5.02 Å². The molecule has 2 aromatic carbocycles. The Morgan fingerprint density at radius 1 is 1.10 bits per heavy atom. The Morgan fingerprint density at radius 3 is 2.47 bits per heavy atom. The Labute approximate surface area is 177 Å². The summed E-state index contributed by atoms with van der Waals surface area (Å²) in [4.78, 5) is 31.2. The summed E-state index contributed by atoms with van der Waals surface area (Å²) in [6.07, 6.45) is 0. The van der Waals surface area contributed by atoms with Crippen molar-refractivity contribution in [3.05, 3.63) is 75.1 Å². The minimum Gasteiger partial charge on any atom is -0.336 e. The number of non-ortho nitro benzene ring substituents is 1. The van der Waals surface area contributed by atoms with Crippen LogP contribution in [0.4, 0.5) is 5.69 Å². The van der Waals surface area contributed by atoms with E-state index in [1.165, 1.54) is 24.3 Å². The third-order valence-corrected chi connectivity index (χ3v) is 5.25. The number of nitro groups is 1. The molecule has 9 nitrogen and oxygen atoms in total. The van der Waals surface area contributed by atoms with Gasteiger partial charge >= 0.3 is 0 Å². The number of nitro benzene ring substituents is 1. The lowest BCUT2D eigenvalue weighted by atomic mass is 10.1. The molecular formula is C20H18ClN5O4. The van der Waals surface area contributed by atoms with Crippen molar-refractivity contribution in [2.45, 2.75) is 6.54 Å². The van der Waals surface area contributed by atoms with Crippen LogP contribution in [-0.4, -0.2) is 56.9 Å². The van der Waals surface area contributed by atoms with Crippen molar-refractivity contribution >= 4 is 23.2 Å². The molecule has 1 aliphatic rings. The van der Waals surface area contributed by atoms with E-state index in [9.17, 15) is 14.9 Å². The van der Waals surface area contributed by atoms with Gasteiger partial charge < -0.3 is 9.42 Å². The molecule has 1 aliphatic heterocycles. The lowest BCUT2D eigenvalue weighted by Crippen LogP contribution is -2.48. The monoisotopic (exact) mass is 427 g/mol. The van der Waals surface area contributed by atoms with Gasteiger partial charge in [0.1, 0.15) is 0 Å². The van der Waals surface area contributed by atoms with Gasteiger partial charge in [0.15, 0.2) is 5.82 Å². The molecule has 3 aromatic rings. The Balaban J connectivity index is 1.33. The van der Waals surface area contributed by atoms with Crippen LogP contribution >= 0.6 is 11.6 Å². The fourth-order valence-electron chi connectivity index (χ4n) is 3.28. The zero-order chi connectivity index (χ0) is 21.1. The normalized spacial score (nSPS) is 14.6. The molecule has 154 valence electrons. The maximum Gasteiger partial charge on any atom is 0.269 e. The molecule has 10 heteroatoms. The number of carbonyl (C=O) groups is 1. The fraction of sp³-hybridized carbons (Fsp3) is 0.250. The quantitative estimate of drug-likeness (QED) is 0.454. The highest BCUT2D eigenvalue weighted by Gasteiger charge is 2.24. The number of benzene rings is 2. The van der Waals surface area contributed by atoms with Crippen molar-refractivity contribution < 1.29 is 14.2 Å². The van der Waals surface area contributed by atoms with Crippen LogP contribution in [0.5, 0.6) is 0 Å². The number of hydrogen-bond acceptors (Lipinski definition) is 7. The highest BCUT2D eigenvalue weighted by molar-refractivity contribution is 6.33. The van der Waals surface area contributed by atoms with Gasteiger partial charge in [0, 0.05) is 43.9 Å². The van der Waals surface area contributed by atoms with Gasteiger partial charge in [-0.15, -0.1) is 0 Å². The molecule has 4 rings (SSSR count). The van der Waals surface area contributed by atoms with Gasteiger partial charge in [0.2, 0.25) is 0 Å². The van der Waals surface area contributed by atoms with E-state index >= 15 is 0 Å². The van der Waals surface area contributed by atoms with E-state index in [-0.39, 0.29) is 11.6 Å². The zero-order valence-electron chi connectivity index (χ0n) is 15.9. The number of piperazine rings is 1. The molecule has 1 fully saturated rings. The smallest absolute Gasteiger partial charge is 0.269 e. The van der Waals surface area contributed by atoms with E-state index in [2.05, 4.69) is 15.0 Å². The molecule has 0 aliphatic carbocycles. The Kier molecular flexibility index (Phi) is 5.73. The lowest BCUT2D eigenvalue weighted by molar-refractivity contribution is -0.384. The second kappa shape index (κ2) is 8.60. The molecule has 2 heterocycles. The predicted molar refractivity (Wildman–Crippen MR) is 109 cm³/mol. The van der Waals surface area contributed by atoms with Gasteiger partial charge in [-0.3, -0.25) is 19.8 Å². The van der Waals surface area contributed by atoms with E-state index in [0.29, 0.717) is 60.6 Å². The SMILES string of the molecule is O=C(c1ccc([N+](=O)[O-])cc1)N1CCN(Cc2noc(-c3ccccc3Cl)n2)CC1. The Morgan fingerprint density at radius 2 is 1.80 bits per heavy atom. The molecule has 30 heavy (non-hydrogen) atoms. The molecule has 0 spiro atoms. The summed E-state index contributed by atoms with van der Waals surface area (Å²) in [5, 5.41) is 15.3. The standard InChI is InChI=1S/C20H18ClN5O4/c21-17-4-2-1-3-16(17)19-22-18(23-30-19)13-24-9-11-25(12-10-24)20(27)14-5-7-15(8-6-14)26(28)29/h1-8H,9-13H2. The van der Waals surface area contributed by atoms with Gasteiger partial charge in [-0.2, -0.15) is 4.98 Å². The molecule has 0 radical (unpaired) electrons.